The third-order valence-electron chi connectivity index (χ3n) is 6.85. The molecule has 0 amide bonds. The number of carbonyl (C=O) groups is 1. The molecule has 3 heterocycles. The Kier molecular flexibility index (Phi) is 8.25. The van der Waals surface area contributed by atoms with Crippen molar-refractivity contribution in [2.75, 3.05) is 59.8 Å². The molecule has 1 aliphatic rings. The second-order valence-electron chi connectivity index (χ2n) is 9.13. The molecule has 1 saturated heterocycles. The lowest BCUT2D eigenvalue weighted by molar-refractivity contribution is 0.0580. The molecular weight excluding hydrogens is 530 g/mol. The molecule has 41 heavy (non-hydrogen) atoms. The molecule has 5 rings (SSSR count). The summed E-state index contributed by atoms with van der Waals surface area (Å²) in [5, 5.41) is 2.67. The molecule has 214 valence electrons. The fourth-order valence-corrected chi connectivity index (χ4v) is 4.92. The van der Waals surface area contributed by atoms with Crippen molar-refractivity contribution in [1.29, 1.82) is 0 Å². The van der Waals surface area contributed by atoms with Gasteiger partial charge in [0.25, 0.3) is 5.56 Å². The highest BCUT2D eigenvalue weighted by molar-refractivity contribution is 6.07. The van der Waals surface area contributed by atoms with Crippen LogP contribution in [0.2, 0.25) is 0 Å². The summed E-state index contributed by atoms with van der Waals surface area (Å²) < 4.78 is 34.8. The Bertz CT molecular complexity index is 1590. The summed E-state index contributed by atoms with van der Waals surface area (Å²) in [6.45, 7) is 1.83. The van der Waals surface area contributed by atoms with E-state index in [-0.39, 0.29) is 17.9 Å². The summed E-state index contributed by atoms with van der Waals surface area (Å²) in [5.74, 6) is 0.995. The summed E-state index contributed by atoms with van der Waals surface area (Å²) in [5.41, 5.74) is 1.46. The predicted molar refractivity (Wildman–Crippen MR) is 152 cm³/mol. The molecule has 1 fully saturated rings. The van der Waals surface area contributed by atoms with Crippen LogP contribution < -0.4 is 29.5 Å². The molecule has 2 aromatic carbocycles. The summed E-state index contributed by atoms with van der Waals surface area (Å²) in [6, 6.07) is 14.2. The monoisotopic (exact) mass is 561 g/mol. The molecule has 0 N–H and O–H groups in total. The van der Waals surface area contributed by atoms with E-state index in [4.69, 9.17) is 28.4 Å². The van der Waals surface area contributed by atoms with Gasteiger partial charge in [0.05, 0.1) is 65.8 Å². The Hall–Kier alpha value is -4.77. The number of fused-ring (bicyclic) bond motifs is 1. The second kappa shape index (κ2) is 12.2. The summed E-state index contributed by atoms with van der Waals surface area (Å²) in [7, 11) is 5.83. The number of aromatic nitrogens is 2. The Morgan fingerprint density at radius 3 is 2.27 bits per heavy atom. The largest absolute Gasteiger partial charge is 0.493 e. The number of esters is 1. The molecule has 0 atom stereocenters. The molecule has 0 spiro atoms. The Balaban J connectivity index is 1.80. The standard InChI is InChI=1S/C30H31N3O8/c1-36-24-15-19(16-25(37-2)28(24)38-3)26-22-9-8-21(41-18-20-7-5-6-10-31-20)17-23(22)29(34)33(27(26)30(35)39-4)32-11-13-40-14-12-32/h5-10,15-17H,11-14,18H2,1-4H3. The van der Waals surface area contributed by atoms with E-state index < -0.39 is 5.97 Å². The number of ether oxygens (including phenoxy) is 6. The van der Waals surface area contributed by atoms with Gasteiger partial charge in [0, 0.05) is 11.8 Å². The summed E-state index contributed by atoms with van der Waals surface area (Å²) >= 11 is 0. The van der Waals surface area contributed by atoms with Gasteiger partial charge in [0.15, 0.2) is 17.2 Å². The minimum absolute atomic E-state index is 0.0725. The molecule has 0 bridgehead atoms. The van der Waals surface area contributed by atoms with E-state index in [1.165, 1.54) is 33.1 Å². The highest BCUT2D eigenvalue weighted by atomic mass is 16.5. The molecule has 0 saturated carbocycles. The molecule has 0 aliphatic carbocycles. The van der Waals surface area contributed by atoms with Crippen LogP contribution in [0, 0.1) is 0 Å². The van der Waals surface area contributed by atoms with Crippen molar-refractivity contribution in [3.8, 4) is 34.1 Å². The first-order valence-corrected chi connectivity index (χ1v) is 13.0. The van der Waals surface area contributed by atoms with Gasteiger partial charge in [-0.1, -0.05) is 6.07 Å². The van der Waals surface area contributed by atoms with Gasteiger partial charge in [-0.15, -0.1) is 0 Å². The lowest BCUT2D eigenvalue weighted by Gasteiger charge is -2.33. The number of pyridine rings is 2. The van der Waals surface area contributed by atoms with Gasteiger partial charge in [-0.25, -0.2) is 9.47 Å². The lowest BCUT2D eigenvalue weighted by Crippen LogP contribution is -2.51. The average Bonchev–Trinajstić information content (AvgIpc) is 3.03. The molecular formula is C30H31N3O8. The van der Waals surface area contributed by atoms with Gasteiger partial charge >= 0.3 is 5.97 Å². The maximum absolute atomic E-state index is 14.2. The molecule has 11 nitrogen and oxygen atoms in total. The van der Waals surface area contributed by atoms with Crippen LogP contribution in [0.25, 0.3) is 21.9 Å². The second-order valence-corrected chi connectivity index (χ2v) is 9.13. The number of carbonyl (C=O) groups excluding carboxylic acids is 1. The number of methoxy groups -OCH3 is 4. The van der Waals surface area contributed by atoms with Crippen LogP contribution in [0.5, 0.6) is 23.0 Å². The SMILES string of the molecule is COC(=O)c1c(-c2cc(OC)c(OC)c(OC)c2)c2ccc(OCc3ccccn3)cc2c(=O)n1N1CCOCC1. The van der Waals surface area contributed by atoms with E-state index in [0.717, 1.165) is 5.69 Å². The van der Waals surface area contributed by atoms with Gasteiger partial charge in [-0.2, -0.15) is 0 Å². The maximum Gasteiger partial charge on any atom is 0.357 e. The van der Waals surface area contributed by atoms with Crippen LogP contribution in [0.3, 0.4) is 0 Å². The molecule has 2 aromatic heterocycles. The van der Waals surface area contributed by atoms with Crippen LogP contribution in [0.4, 0.5) is 0 Å². The van der Waals surface area contributed by atoms with Crippen molar-refractivity contribution in [2.24, 2.45) is 0 Å². The summed E-state index contributed by atoms with van der Waals surface area (Å²) in [4.78, 5) is 31.9. The highest BCUT2D eigenvalue weighted by Gasteiger charge is 2.29. The molecule has 1 aliphatic heterocycles. The van der Waals surface area contributed by atoms with Crippen molar-refractivity contribution in [2.45, 2.75) is 6.61 Å². The fourth-order valence-electron chi connectivity index (χ4n) is 4.92. The fraction of sp³-hybridized carbons (Fsp3) is 0.300. The van der Waals surface area contributed by atoms with E-state index in [0.29, 0.717) is 71.2 Å². The molecule has 11 heteroatoms. The van der Waals surface area contributed by atoms with Gasteiger partial charge in [-0.3, -0.25) is 9.78 Å². The van der Waals surface area contributed by atoms with Crippen molar-refractivity contribution in [3.63, 3.8) is 0 Å². The quantitative estimate of drug-likeness (QED) is 0.282. The van der Waals surface area contributed by atoms with Gasteiger partial charge in [0.1, 0.15) is 12.4 Å². The average molecular weight is 562 g/mol. The Morgan fingerprint density at radius 2 is 1.66 bits per heavy atom. The predicted octanol–water partition coefficient (Wildman–Crippen LogP) is 3.42. The zero-order valence-electron chi connectivity index (χ0n) is 23.3. The third-order valence-corrected chi connectivity index (χ3v) is 6.85. The number of hydrogen-bond donors (Lipinski definition) is 0. The number of rotatable bonds is 9. The zero-order valence-corrected chi connectivity index (χ0v) is 23.3. The van der Waals surface area contributed by atoms with Crippen LogP contribution >= 0.6 is 0 Å². The highest BCUT2D eigenvalue weighted by Crippen LogP contribution is 2.43. The van der Waals surface area contributed by atoms with Crippen LogP contribution in [0.15, 0.2) is 59.5 Å². The molecule has 4 aromatic rings. The normalized spacial score (nSPS) is 13.1. The first-order valence-electron chi connectivity index (χ1n) is 13.0. The van der Waals surface area contributed by atoms with Crippen LogP contribution in [0.1, 0.15) is 16.2 Å². The topological polar surface area (TPSA) is 111 Å². The first kappa shape index (κ1) is 27.8. The lowest BCUT2D eigenvalue weighted by atomic mass is 9.96. The maximum atomic E-state index is 14.2. The van der Waals surface area contributed by atoms with Crippen molar-refractivity contribution in [1.82, 2.24) is 9.66 Å². The van der Waals surface area contributed by atoms with Gasteiger partial charge in [-0.05, 0) is 53.4 Å². The third kappa shape index (κ3) is 5.36. The Labute approximate surface area is 236 Å². The molecule has 0 unspecified atom stereocenters. The summed E-state index contributed by atoms with van der Waals surface area (Å²) in [6.07, 6.45) is 1.69. The van der Waals surface area contributed by atoms with Crippen LogP contribution in [-0.2, 0) is 16.1 Å². The molecule has 0 radical (unpaired) electrons. The minimum atomic E-state index is -0.672. The van der Waals surface area contributed by atoms with Gasteiger partial charge in [0.2, 0.25) is 5.75 Å². The Morgan fingerprint density at radius 1 is 0.927 bits per heavy atom. The van der Waals surface area contributed by atoms with Crippen molar-refractivity contribution < 1.29 is 33.2 Å². The van der Waals surface area contributed by atoms with Crippen molar-refractivity contribution >= 4 is 16.7 Å². The number of morpholine rings is 1. The smallest absolute Gasteiger partial charge is 0.357 e. The van der Waals surface area contributed by atoms with E-state index in [1.807, 2.05) is 18.2 Å². The van der Waals surface area contributed by atoms with Crippen LogP contribution in [-0.4, -0.2) is 70.4 Å². The minimum Gasteiger partial charge on any atom is -0.493 e. The first-order chi connectivity index (χ1) is 20.0. The number of nitrogens with zero attached hydrogens (tertiary/aromatic N) is 3. The van der Waals surface area contributed by atoms with E-state index in [9.17, 15) is 9.59 Å². The zero-order chi connectivity index (χ0) is 28.9. The van der Waals surface area contributed by atoms with E-state index in [2.05, 4.69) is 4.98 Å². The number of benzene rings is 2. The van der Waals surface area contributed by atoms with E-state index >= 15 is 0 Å². The van der Waals surface area contributed by atoms with Gasteiger partial charge < -0.3 is 33.4 Å². The number of hydrogen-bond acceptors (Lipinski definition) is 10. The van der Waals surface area contributed by atoms with E-state index in [1.54, 1.807) is 41.5 Å². The van der Waals surface area contributed by atoms with Crippen molar-refractivity contribution in [3.05, 3.63) is 76.5 Å².